The van der Waals surface area contributed by atoms with Crippen LogP contribution in [0.15, 0.2) is 28.1 Å². The minimum Gasteiger partial charge on any atom is -0.352 e. The van der Waals surface area contributed by atoms with Crippen molar-refractivity contribution in [1.82, 2.24) is 10.6 Å². The lowest BCUT2D eigenvalue weighted by molar-refractivity contribution is 0.622. The molecule has 3 nitrogen and oxygen atoms in total. The van der Waals surface area contributed by atoms with E-state index in [1.54, 1.807) is 24.9 Å². The van der Waals surface area contributed by atoms with E-state index in [0.29, 0.717) is 19.0 Å². The summed E-state index contributed by atoms with van der Waals surface area (Å²) in [7, 11) is 1.66. The standard InChI is InChI=1S/C13H16FN3S/c1-4-7-16-13(15-2)17-9-10-8-11(14)5-6-12(10)18-3/h1,5-6,8H,7,9H2,2-3H3,(H2,15,16,17). The molecule has 0 unspecified atom stereocenters. The number of nitrogens with zero attached hydrogens (tertiary/aromatic N) is 1. The summed E-state index contributed by atoms with van der Waals surface area (Å²) in [6.45, 7) is 0.899. The van der Waals surface area contributed by atoms with E-state index < -0.39 is 0 Å². The van der Waals surface area contributed by atoms with Gasteiger partial charge in [-0.05, 0) is 30.0 Å². The topological polar surface area (TPSA) is 36.4 Å². The molecule has 0 atom stereocenters. The van der Waals surface area contributed by atoms with Gasteiger partial charge >= 0.3 is 0 Å². The summed E-state index contributed by atoms with van der Waals surface area (Å²) >= 11 is 1.58. The Labute approximate surface area is 111 Å². The highest BCUT2D eigenvalue weighted by atomic mass is 32.2. The van der Waals surface area contributed by atoms with Crippen LogP contribution in [0.2, 0.25) is 0 Å². The van der Waals surface area contributed by atoms with Crippen LogP contribution in [0.4, 0.5) is 4.39 Å². The van der Waals surface area contributed by atoms with Crippen LogP contribution in [0.25, 0.3) is 0 Å². The SMILES string of the molecule is C#CCNC(=NC)NCc1cc(F)ccc1SC. The maximum absolute atomic E-state index is 13.2. The molecule has 0 saturated heterocycles. The molecule has 0 heterocycles. The molecule has 5 heteroatoms. The second-order valence-corrected chi connectivity index (χ2v) is 4.29. The highest BCUT2D eigenvalue weighted by Crippen LogP contribution is 2.20. The van der Waals surface area contributed by atoms with Crippen molar-refractivity contribution >= 4 is 17.7 Å². The van der Waals surface area contributed by atoms with Crippen LogP contribution >= 0.6 is 11.8 Å². The third-order valence-corrected chi connectivity index (χ3v) is 3.11. The van der Waals surface area contributed by atoms with E-state index in [0.717, 1.165) is 10.5 Å². The molecule has 0 amide bonds. The Bertz CT molecular complexity index is 466. The van der Waals surface area contributed by atoms with Crippen molar-refractivity contribution in [2.75, 3.05) is 19.8 Å². The molecule has 0 spiro atoms. The van der Waals surface area contributed by atoms with Gasteiger partial charge in [0, 0.05) is 18.5 Å². The van der Waals surface area contributed by atoms with Gasteiger partial charge in [-0.1, -0.05) is 5.92 Å². The van der Waals surface area contributed by atoms with Crippen molar-refractivity contribution in [2.24, 2.45) is 4.99 Å². The minimum absolute atomic E-state index is 0.240. The third kappa shape index (κ3) is 4.30. The molecule has 1 rings (SSSR count). The summed E-state index contributed by atoms with van der Waals surface area (Å²) in [4.78, 5) is 5.06. The average Bonchev–Trinajstić information content (AvgIpc) is 2.39. The summed E-state index contributed by atoms with van der Waals surface area (Å²) in [5, 5.41) is 6.03. The van der Waals surface area contributed by atoms with Crippen LogP contribution < -0.4 is 10.6 Å². The predicted molar refractivity (Wildman–Crippen MR) is 75.2 cm³/mol. The van der Waals surface area contributed by atoms with E-state index in [1.165, 1.54) is 12.1 Å². The highest BCUT2D eigenvalue weighted by Gasteiger charge is 2.04. The smallest absolute Gasteiger partial charge is 0.192 e. The largest absolute Gasteiger partial charge is 0.352 e. The number of hydrogen-bond donors (Lipinski definition) is 2. The zero-order chi connectivity index (χ0) is 13.4. The summed E-state index contributed by atoms with van der Waals surface area (Å²) in [5.74, 6) is 2.83. The predicted octanol–water partition coefficient (Wildman–Crippen LogP) is 1.85. The van der Waals surface area contributed by atoms with Crippen LogP contribution in [-0.2, 0) is 6.54 Å². The fourth-order valence-electron chi connectivity index (χ4n) is 1.42. The van der Waals surface area contributed by atoms with Gasteiger partial charge in [-0.2, -0.15) is 0 Å². The maximum Gasteiger partial charge on any atom is 0.192 e. The van der Waals surface area contributed by atoms with Gasteiger partial charge in [-0.25, -0.2) is 4.39 Å². The first-order valence-electron chi connectivity index (χ1n) is 5.41. The molecule has 0 bridgehead atoms. The van der Waals surface area contributed by atoms with E-state index in [-0.39, 0.29) is 5.82 Å². The van der Waals surface area contributed by atoms with Gasteiger partial charge in [0.15, 0.2) is 5.96 Å². The van der Waals surface area contributed by atoms with Gasteiger partial charge in [-0.3, -0.25) is 4.99 Å². The van der Waals surface area contributed by atoms with Crippen molar-refractivity contribution in [3.05, 3.63) is 29.6 Å². The van der Waals surface area contributed by atoms with Gasteiger partial charge < -0.3 is 10.6 Å². The second kappa shape index (κ2) is 7.62. The fourth-order valence-corrected chi connectivity index (χ4v) is 2.02. The summed E-state index contributed by atoms with van der Waals surface area (Å²) in [6, 6.07) is 4.75. The van der Waals surface area contributed by atoms with Crippen LogP contribution in [0, 0.1) is 18.2 Å². The molecule has 0 aliphatic heterocycles. The molecule has 0 fully saturated rings. The third-order valence-electron chi connectivity index (χ3n) is 2.27. The van der Waals surface area contributed by atoms with Crippen molar-refractivity contribution in [3.63, 3.8) is 0 Å². The average molecular weight is 265 g/mol. The molecule has 2 N–H and O–H groups in total. The first-order valence-corrected chi connectivity index (χ1v) is 6.64. The number of rotatable bonds is 4. The number of aliphatic imine (C=N–C) groups is 1. The number of thioether (sulfide) groups is 1. The van der Waals surface area contributed by atoms with Crippen LogP contribution in [0.5, 0.6) is 0 Å². The molecule has 1 aromatic rings. The van der Waals surface area contributed by atoms with E-state index in [9.17, 15) is 4.39 Å². The van der Waals surface area contributed by atoms with Crippen molar-refractivity contribution in [2.45, 2.75) is 11.4 Å². The first-order chi connectivity index (χ1) is 8.71. The lowest BCUT2D eigenvalue weighted by atomic mass is 10.2. The molecular formula is C13H16FN3S. The maximum atomic E-state index is 13.2. The quantitative estimate of drug-likeness (QED) is 0.377. The summed E-state index contributed by atoms with van der Waals surface area (Å²) in [6.07, 6.45) is 7.12. The number of hydrogen-bond acceptors (Lipinski definition) is 2. The molecular weight excluding hydrogens is 249 g/mol. The Morgan fingerprint density at radius 1 is 1.50 bits per heavy atom. The van der Waals surface area contributed by atoms with Gasteiger partial charge in [0.25, 0.3) is 0 Å². The van der Waals surface area contributed by atoms with Gasteiger partial charge in [-0.15, -0.1) is 18.2 Å². The Hall–Kier alpha value is -1.67. The lowest BCUT2D eigenvalue weighted by Crippen LogP contribution is -2.37. The number of guanidine groups is 1. The van der Waals surface area contributed by atoms with E-state index >= 15 is 0 Å². The molecule has 96 valence electrons. The van der Waals surface area contributed by atoms with Gasteiger partial charge in [0.05, 0.1) is 6.54 Å². The zero-order valence-electron chi connectivity index (χ0n) is 10.5. The van der Waals surface area contributed by atoms with Crippen LogP contribution in [-0.4, -0.2) is 25.8 Å². The van der Waals surface area contributed by atoms with Crippen molar-refractivity contribution < 1.29 is 4.39 Å². The number of nitrogens with one attached hydrogen (secondary N) is 2. The van der Waals surface area contributed by atoms with Crippen LogP contribution in [0.1, 0.15) is 5.56 Å². The number of terminal acetylenes is 1. The Balaban J connectivity index is 2.67. The van der Waals surface area contributed by atoms with Gasteiger partial charge in [0.2, 0.25) is 0 Å². The second-order valence-electron chi connectivity index (χ2n) is 3.44. The minimum atomic E-state index is -0.240. The molecule has 18 heavy (non-hydrogen) atoms. The van der Waals surface area contributed by atoms with Crippen molar-refractivity contribution in [3.8, 4) is 12.3 Å². The zero-order valence-corrected chi connectivity index (χ0v) is 11.3. The monoisotopic (exact) mass is 265 g/mol. The first kappa shape index (κ1) is 14.4. The van der Waals surface area contributed by atoms with E-state index in [2.05, 4.69) is 21.5 Å². The lowest BCUT2D eigenvalue weighted by Gasteiger charge is -2.12. The molecule has 0 radical (unpaired) electrons. The van der Waals surface area contributed by atoms with E-state index in [1.807, 2.05) is 6.26 Å². The number of benzene rings is 1. The molecule has 0 saturated carbocycles. The number of halogens is 1. The Kier molecular flexibility index (Phi) is 6.09. The Morgan fingerprint density at radius 3 is 2.89 bits per heavy atom. The molecule has 0 aliphatic rings. The molecule has 0 aliphatic carbocycles. The molecule has 1 aromatic carbocycles. The van der Waals surface area contributed by atoms with E-state index in [4.69, 9.17) is 6.42 Å². The highest BCUT2D eigenvalue weighted by molar-refractivity contribution is 7.98. The molecule has 0 aromatic heterocycles. The summed E-state index contributed by atoms with van der Waals surface area (Å²) in [5.41, 5.74) is 0.895. The van der Waals surface area contributed by atoms with Crippen molar-refractivity contribution in [1.29, 1.82) is 0 Å². The normalized spacial score (nSPS) is 10.9. The van der Waals surface area contributed by atoms with Gasteiger partial charge in [0.1, 0.15) is 5.82 Å². The fraction of sp³-hybridized carbons (Fsp3) is 0.308. The summed E-state index contributed by atoms with van der Waals surface area (Å²) < 4.78 is 13.2. The Morgan fingerprint density at radius 2 is 2.28 bits per heavy atom. The van der Waals surface area contributed by atoms with Crippen LogP contribution in [0.3, 0.4) is 0 Å².